The predicted molar refractivity (Wildman–Crippen MR) is 62.9 cm³/mol. The molecular formula is C11H19N3S. The maximum atomic E-state index is 4.16. The van der Waals surface area contributed by atoms with E-state index in [0.717, 1.165) is 11.6 Å². The minimum absolute atomic E-state index is 0.409. The van der Waals surface area contributed by atoms with Crippen LogP contribution in [0.5, 0.6) is 0 Å². The summed E-state index contributed by atoms with van der Waals surface area (Å²) in [5.74, 6) is 0.887. The standard InChI is InChI=1S/C11H19N3S/c1-12-10(11-8-15-14-13-11)7-9-5-3-2-4-6-9/h8-10,12H,2-7H2,1H3. The molecule has 1 fully saturated rings. The molecule has 1 aliphatic rings. The van der Waals surface area contributed by atoms with Crippen LogP contribution in [0.25, 0.3) is 0 Å². The Bertz CT molecular complexity index is 267. The van der Waals surface area contributed by atoms with Crippen LogP contribution in [0.3, 0.4) is 0 Å². The quantitative estimate of drug-likeness (QED) is 0.856. The van der Waals surface area contributed by atoms with E-state index in [1.807, 2.05) is 7.05 Å². The van der Waals surface area contributed by atoms with E-state index in [-0.39, 0.29) is 0 Å². The van der Waals surface area contributed by atoms with Gasteiger partial charge in [-0.2, -0.15) is 0 Å². The Morgan fingerprint density at radius 1 is 1.47 bits per heavy atom. The van der Waals surface area contributed by atoms with Gasteiger partial charge in [0.25, 0.3) is 0 Å². The molecule has 1 atom stereocenters. The Morgan fingerprint density at radius 3 is 2.87 bits per heavy atom. The maximum absolute atomic E-state index is 4.16. The summed E-state index contributed by atoms with van der Waals surface area (Å²) >= 11 is 1.44. The van der Waals surface area contributed by atoms with Gasteiger partial charge in [-0.05, 0) is 30.9 Å². The molecule has 4 heteroatoms. The number of rotatable bonds is 4. The lowest BCUT2D eigenvalue weighted by molar-refractivity contribution is 0.303. The lowest BCUT2D eigenvalue weighted by Gasteiger charge is -2.25. The zero-order chi connectivity index (χ0) is 10.5. The van der Waals surface area contributed by atoms with E-state index in [0.29, 0.717) is 6.04 Å². The smallest absolute Gasteiger partial charge is 0.0924 e. The summed E-state index contributed by atoms with van der Waals surface area (Å²) in [5.41, 5.74) is 1.12. The van der Waals surface area contributed by atoms with Crippen molar-refractivity contribution in [2.45, 2.75) is 44.6 Å². The highest BCUT2D eigenvalue weighted by atomic mass is 32.1. The Kier molecular flexibility index (Phi) is 4.09. The number of hydrogen-bond donors (Lipinski definition) is 1. The van der Waals surface area contributed by atoms with Gasteiger partial charge < -0.3 is 5.32 Å². The molecule has 1 saturated carbocycles. The van der Waals surface area contributed by atoms with Crippen molar-refractivity contribution in [2.24, 2.45) is 5.92 Å². The first kappa shape index (κ1) is 11.0. The van der Waals surface area contributed by atoms with Gasteiger partial charge in [0.05, 0.1) is 11.7 Å². The minimum Gasteiger partial charge on any atom is -0.312 e. The number of hydrogen-bond acceptors (Lipinski definition) is 4. The van der Waals surface area contributed by atoms with Crippen LogP contribution in [0.4, 0.5) is 0 Å². The Hall–Kier alpha value is -0.480. The van der Waals surface area contributed by atoms with Gasteiger partial charge in [0.2, 0.25) is 0 Å². The zero-order valence-corrected chi connectivity index (χ0v) is 10.1. The van der Waals surface area contributed by atoms with E-state index >= 15 is 0 Å². The van der Waals surface area contributed by atoms with E-state index in [2.05, 4.69) is 20.3 Å². The van der Waals surface area contributed by atoms with Gasteiger partial charge in [-0.15, -0.1) is 5.10 Å². The summed E-state index contributed by atoms with van der Waals surface area (Å²) in [6.07, 6.45) is 8.28. The van der Waals surface area contributed by atoms with Crippen molar-refractivity contribution in [2.75, 3.05) is 7.05 Å². The van der Waals surface area contributed by atoms with Gasteiger partial charge in [-0.3, -0.25) is 0 Å². The monoisotopic (exact) mass is 225 g/mol. The third kappa shape index (κ3) is 2.98. The average Bonchev–Trinajstić information content (AvgIpc) is 2.81. The molecule has 0 saturated heterocycles. The van der Waals surface area contributed by atoms with Crippen LogP contribution in [0.15, 0.2) is 5.38 Å². The van der Waals surface area contributed by atoms with Crippen LogP contribution < -0.4 is 5.32 Å². The fourth-order valence-electron chi connectivity index (χ4n) is 2.47. The van der Waals surface area contributed by atoms with E-state index in [1.165, 1.54) is 50.1 Å². The molecule has 0 bridgehead atoms. The van der Waals surface area contributed by atoms with Gasteiger partial charge in [-0.25, -0.2) is 0 Å². The Labute approximate surface area is 95.4 Å². The first-order valence-corrected chi connectivity index (χ1v) is 6.68. The first-order valence-electron chi connectivity index (χ1n) is 5.84. The summed E-state index contributed by atoms with van der Waals surface area (Å²) in [7, 11) is 2.02. The third-order valence-electron chi connectivity index (χ3n) is 3.38. The second kappa shape index (κ2) is 5.56. The molecule has 15 heavy (non-hydrogen) atoms. The number of nitrogens with one attached hydrogen (secondary N) is 1. The first-order chi connectivity index (χ1) is 7.40. The molecule has 1 aromatic heterocycles. The third-order valence-corrected chi connectivity index (χ3v) is 3.90. The lowest BCUT2D eigenvalue weighted by Crippen LogP contribution is -2.21. The average molecular weight is 225 g/mol. The SMILES string of the molecule is CNC(CC1CCCCC1)c1csnn1. The van der Waals surface area contributed by atoms with Crippen LogP contribution >= 0.6 is 11.5 Å². The Balaban J connectivity index is 1.90. The highest BCUT2D eigenvalue weighted by molar-refractivity contribution is 7.03. The van der Waals surface area contributed by atoms with Crippen molar-refractivity contribution in [3.05, 3.63) is 11.1 Å². The lowest BCUT2D eigenvalue weighted by atomic mass is 9.84. The van der Waals surface area contributed by atoms with E-state index in [1.54, 1.807) is 0 Å². The molecule has 1 unspecified atom stereocenters. The molecule has 84 valence electrons. The van der Waals surface area contributed by atoms with Crippen molar-refractivity contribution in [3.63, 3.8) is 0 Å². The summed E-state index contributed by atoms with van der Waals surface area (Å²) in [6, 6.07) is 0.409. The van der Waals surface area contributed by atoms with Gasteiger partial charge in [0, 0.05) is 5.38 Å². The van der Waals surface area contributed by atoms with Crippen LogP contribution in [0, 0.1) is 5.92 Å². The van der Waals surface area contributed by atoms with Crippen LogP contribution in [-0.2, 0) is 0 Å². The predicted octanol–water partition coefficient (Wildman–Crippen LogP) is 2.77. The zero-order valence-electron chi connectivity index (χ0n) is 9.28. The molecule has 3 nitrogen and oxygen atoms in total. The fraction of sp³-hybridized carbons (Fsp3) is 0.818. The van der Waals surface area contributed by atoms with Gasteiger partial charge in [0.15, 0.2) is 0 Å². The van der Waals surface area contributed by atoms with Crippen molar-refractivity contribution in [1.29, 1.82) is 0 Å². The summed E-state index contributed by atoms with van der Waals surface area (Å²) in [6.45, 7) is 0. The van der Waals surface area contributed by atoms with Gasteiger partial charge >= 0.3 is 0 Å². The molecular weight excluding hydrogens is 206 g/mol. The summed E-state index contributed by atoms with van der Waals surface area (Å²) < 4.78 is 3.94. The van der Waals surface area contributed by atoms with Crippen molar-refractivity contribution in [1.82, 2.24) is 14.9 Å². The largest absolute Gasteiger partial charge is 0.312 e. The molecule has 1 aromatic rings. The van der Waals surface area contributed by atoms with Gasteiger partial charge in [-0.1, -0.05) is 36.6 Å². The second-order valence-electron chi connectivity index (χ2n) is 4.41. The highest BCUT2D eigenvalue weighted by Crippen LogP contribution is 2.31. The molecule has 0 amide bonds. The number of nitrogens with zero attached hydrogens (tertiary/aromatic N) is 2. The fourth-order valence-corrected chi connectivity index (χ4v) is 2.97. The van der Waals surface area contributed by atoms with E-state index in [4.69, 9.17) is 0 Å². The highest BCUT2D eigenvalue weighted by Gasteiger charge is 2.20. The van der Waals surface area contributed by atoms with Crippen LogP contribution in [0.2, 0.25) is 0 Å². The summed E-state index contributed by atoms with van der Waals surface area (Å²) in [5, 5.41) is 9.57. The van der Waals surface area contributed by atoms with E-state index < -0.39 is 0 Å². The van der Waals surface area contributed by atoms with Crippen molar-refractivity contribution < 1.29 is 0 Å². The molecule has 0 aromatic carbocycles. The van der Waals surface area contributed by atoms with Crippen LogP contribution in [0.1, 0.15) is 50.3 Å². The topological polar surface area (TPSA) is 37.8 Å². The molecule has 0 aliphatic heterocycles. The maximum Gasteiger partial charge on any atom is 0.0924 e. The molecule has 1 aliphatic carbocycles. The molecule has 0 spiro atoms. The Morgan fingerprint density at radius 2 is 2.27 bits per heavy atom. The van der Waals surface area contributed by atoms with E-state index in [9.17, 15) is 0 Å². The molecule has 1 heterocycles. The molecule has 1 N–H and O–H groups in total. The molecule has 2 rings (SSSR count). The minimum atomic E-state index is 0.409. The summed E-state index contributed by atoms with van der Waals surface area (Å²) in [4.78, 5) is 0. The van der Waals surface area contributed by atoms with Gasteiger partial charge in [0.1, 0.15) is 0 Å². The van der Waals surface area contributed by atoms with Crippen molar-refractivity contribution >= 4 is 11.5 Å². The molecule has 0 radical (unpaired) electrons. The van der Waals surface area contributed by atoms with Crippen molar-refractivity contribution in [3.8, 4) is 0 Å². The normalized spacial score (nSPS) is 20.3. The number of aromatic nitrogens is 2. The van der Waals surface area contributed by atoms with Crippen LogP contribution in [-0.4, -0.2) is 16.6 Å². The second-order valence-corrected chi connectivity index (χ2v) is 5.02.